The van der Waals surface area contributed by atoms with E-state index in [1.807, 2.05) is 6.92 Å². The van der Waals surface area contributed by atoms with Gasteiger partial charge >= 0.3 is 10.1 Å². The summed E-state index contributed by atoms with van der Waals surface area (Å²) < 4.78 is 32.6. The number of hydrogen-bond donors (Lipinski definition) is 1. The van der Waals surface area contributed by atoms with Crippen LogP contribution in [0.1, 0.15) is 55.6 Å². The normalized spacial score (nSPS) is 19.0. The smallest absolute Gasteiger partial charge is 0.339 e. The van der Waals surface area contributed by atoms with Crippen LogP contribution in [0.2, 0.25) is 0 Å². The largest absolute Gasteiger partial charge is 0.379 e. The van der Waals surface area contributed by atoms with Crippen molar-refractivity contribution in [3.05, 3.63) is 80.6 Å². The zero-order valence-corrected chi connectivity index (χ0v) is 21.1. The van der Waals surface area contributed by atoms with Crippen molar-refractivity contribution in [2.24, 2.45) is 0 Å². The molecular weight excluding hydrogens is 518 g/mol. The third-order valence-electron chi connectivity index (χ3n) is 6.58. The predicted molar refractivity (Wildman–Crippen MR) is 131 cm³/mol. The molecular formula is C26H24BrNO5S. The summed E-state index contributed by atoms with van der Waals surface area (Å²) in [5.74, 6) is -0.578. The lowest BCUT2D eigenvalue weighted by atomic mass is 9.71. The summed E-state index contributed by atoms with van der Waals surface area (Å²) in [6.07, 6.45) is 3.73. The van der Waals surface area contributed by atoms with Crippen LogP contribution < -0.4 is 9.50 Å². The minimum atomic E-state index is -4.12. The highest BCUT2D eigenvalue weighted by atomic mass is 79.9. The Bertz CT molecular complexity index is 1330. The molecule has 5 rings (SSSR count). The van der Waals surface area contributed by atoms with E-state index in [9.17, 15) is 18.0 Å². The molecule has 1 N–H and O–H groups in total. The van der Waals surface area contributed by atoms with Crippen LogP contribution >= 0.6 is 15.9 Å². The molecule has 0 unspecified atom stereocenters. The molecule has 1 heterocycles. The topological polar surface area (TPSA) is 89.5 Å². The van der Waals surface area contributed by atoms with E-state index in [-0.39, 0.29) is 22.2 Å². The predicted octanol–water partition coefficient (Wildman–Crippen LogP) is 5.23. The van der Waals surface area contributed by atoms with Crippen LogP contribution in [0, 0.1) is 6.92 Å². The first-order chi connectivity index (χ1) is 16.2. The van der Waals surface area contributed by atoms with Crippen molar-refractivity contribution in [1.82, 2.24) is 5.32 Å². The average molecular weight is 542 g/mol. The van der Waals surface area contributed by atoms with Gasteiger partial charge in [0.25, 0.3) is 0 Å². The van der Waals surface area contributed by atoms with Crippen LogP contribution in [-0.4, -0.2) is 20.0 Å². The van der Waals surface area contributed by atoms with Gasteiger partial charge in [-0.3, -0.25) is 9.59 Å². The van der Waals surface area contributed by atoms with Crippen molar-refractivity contribution in [2.45, 2.75) is 56.3 Å². The minimum absolute atomic E-state index is 0.0176. The van der Waals surface area contributed by atoms with Crippen molar-refractivity contribution in [3.63, 3.8) is 0 Å². The fourth-order valence-electron chi connectivity index (χ4n) is 4.99. The number of hydrogen-bond acceptors (Lipinski definition) is 6. The van der Waals surface area contributed by atoms with Gasteiger partial charge in [-0.05, 0) is 62.9 Å². The Morgan fingerprint density at radius 2 is 1.47 bits per heavy atom. The summed E-state index contributed by atoms with van der Waals surface area (Å²) in [5, 5.41) is 3.38. The number of ketones is 2. The van der Waals surface area contributed by atoms with E-state index in [1.54, 1.807) is 30.3 Å². The molecule has 0 amide bonds. The first-order valence-electron chi connectivity index (χ1n) is 11.3. The van der Waals surface area contributed by atoms with Crippen LogP contribution in [-0.2, 0) is 19.7 Å². The van der Waals surface area contributed by atoms with Crippen LogP contribution in [0.15, 0.2) is 74.4 Å². The molecule has 0 aromatic heterocycles. The molecule has 8 heteroatoms. The van der Waals surface area contributed by atoms with Crippen LogP contribution in [0.4, 0.5) is 0 Å². The molecule has 1 aliphatic heterocycles. The molecule has 0 bridgehead atoms. The molecule has 0 saturated carbocycles. The molecule has 176 valence electrons. The van der Waals surface area contributed by atoms with Gasteiger partial charge in [0.15, 0.2) is 11.6 Å². The maximum atomic E-state index is 13.1. The molecule has 34 heavy (non-hydrogen) atoms. The van der Waals surface area contributed by atoms with Gasteiger partial charge in [-0.1, -0.05) is 33.6 Å². The fourth-order valence-corrected chi connectivity index (χ4v) is 6.32. The summed E-state index contributed by atoms with van der Waals surface area (Å²) in [7, 11) is -4.12. The standard InChI is InChI=1S/C26H24BrNO5S/c1-15-8-11-17(12-9-15)34(31,32)33-23-13-10-16(27)14-18(23)24-25-19(4-2-6-21(25)29)28-20-5-3-7-22(30)26(20)24/h8-14,24,28H,2-7H2,1H3. The number of allylic oxidation sites excluding steroid dienone is 4. The highest BCUT2D eigenvalue weighted by Gasteiger charge is 2.41. The second-order valence-corrected chi connectivity index (χ2v) is 11.4. The summed E-state index contributed by atoms with van der Waals surface area (Å²) in [6, 6.07) is 11.5. The van der Waals surface area contributed by atoms with E-state index in [1.165, 1.54) is 12.1 Å². The Labute approximate surface area is 207 Å². The van der Waals surface area contributed by atoms with Gasteiger partial charge in [0.05, 0.1) is 0 Å². The number of carbonyl (C=O) groups is 2. The van der Waals surface area contributed by atoms with Crippen molar-refractivity contribution < 1.29 is 22.2 Å². The van der Waals surface area contributed by atoms with Gasteiger partial charge in [0, 0.05) is 51.3 Å². The molecule has 2 aliphatic carbocycles. The Balaban J connectivity index is 1.67. The van der Waals surface area contributed by atoms with Crippen LogP contribution in [0.25, 0.3) is 0 Å². The van der Waals surface area contributed by atoms with Crippen molar-refractivity contribution in [3.8, 4) is 5.75 Å². The summed E-state index contributed by atoms with van der Waals surface area (Å²) in [5.41, 5.74) is 4.21. The van der Waals surface area contributed by atoms with Crippen LogP contribution in [0.5, 0.6) is 5.75 Å². The van der Waals surface area contributed by atoms with Gasteiger partial charge in [0.2, 0.25) is 0 Å². The number of dihydropyridines is 1. The molecule has 0 radical (unpaired) electrons. The highest BCUT2D eigenvalue weighted by Crippen LogP contribution is 2.48. The number of rotatable bonds is 4. The number of nitrogens with one attached hydrogen (secondary N) is 1. The number of carbonyl (C=O) groups excluding carboxylic acids is 2. The van der Waals surface area contributed by atoms with Crippen molar-refractivity contribution >= 4 is 37.6 Å². The molecule has 6 nitrogen and oxygen atoms in total. The molecule has 3 aliphatic rings. The van der Waals surface area contributed by atoms with Gasteiger partial charge < -0.3 is 9.50 Å². The maximum absolute atomic E-state index is 13.1. The fraction of sp³-hybridized carbons (Fsp3) is 0.308. The van der Waals surface area contributed by atoms with Gasteiger partial charge in [-0.15, -0.1) is 0 Å². The monoisotopic (exact) mass is 541 g/mol. The molecule has 0 saturated heterocycles. The lowest BCUT2D eigenvalue weighted by Gasteiger charge is -2.37. The number of aryl methyl sites for hydroxylation is 1. The Kier molecular flexibility index (Phi) is 5.98. The molecule has 2 aromatic carbocycles. The lowest BCUT2D eigenvalue weighted by Crippen LogP contribution is -2.36. The van der Waals surface area contributed by atoms with E-state index in [2.05, 4.69) is 21.2 Å². The van der Waals surface area contributed by atoms with E-state index in [0.29, 0.717) is 46.9 Å². The average Bonchev–Trinajstić information content (AvgIpc) is 2.79. The molecule has 0 spiro atoms. The first-order valence-corrected chi connectivity index (χ1v) is 13.5. The SMILES string of the molecule is Cc1ccc(S(=O)(=O)Oc2ccc(Br)cc2C2C3=C(CCCC3=O)NC3=C2C(=O)CCC3)cc1. The van der Waals surface area contributed by atoms with Crippen LogP contribution in [0.3, 0.4) is 0 Å². The maximum Gasteiger partial charge on any atom is 0.339 e. The van der Waals surface area contributed by atoms with E-state index >= 15 is 0 Å². The third-order valence-corrected chi connectivity index (χ3v) is 8.33. The second-order valence-electron chi connectivity index (χ2n) is 8.93. The lowest BCUT2D eigenvalue weighted by molar-refractivity contribution is -0.116. The zero-order valence-electron chi connectivity index (χ0n) is 18.7. The third kappa shape index (κ3) is 4.14. The Morgan fingerprint density at radius 1 is 0.882 bits per heavy atom. The Hall–Kier alpha value is -2.71. The van der Waals surface area contributed by atoms with E-state index < -0.39 is 16.0 Å². The van der Waals surface area contributed by atoms with Crippen molar-refractivity contribution in [1.29, 1.82) is 0 Å². The van der Waals surface area contributed by atoms with Crippen molar-refractivity contribution in [2.75, 3.05) is 0 Å². The van der Waals surface area contributed by atoms with E-state index in [0.717, 1.165) is 29.8 Å². The molecule has 0 atom stereocenters. The summed E-state index contributed by atoms with van der Waals surface area (Å²) in [4.78, 5) is 26.3. The number of halogens is 1. The first kappa shape index (κ1) is 23.1. The highest BCUT2D eigenvalue weighted by molar-refractivity contribution is 9.10. The Morgan fingerprint density at radius 3 is 2.06 bits per heavy atom. The molecule has 2 aromatic rings. The number of Topliss-reactive ketones (excluding diaryl/α,β-unsaturated/α-hetero) is 2. The van der Waals surface area contributed by atoms with Gasteiger partial charge in [-0.25, -0.2) is 0 Å². The number of benzene rings is 2. The zero-order chi connectivity index (χ0) is 24.0. The minimum Gasteiger partial charge on any atom is -0.379 e. The summed E-state index contributed by atoms with van der Waals surface area (Å²) in [6.45, 7) is 1.88. The molecule has 0 fully saturated rings. The van der Waals surface area contributed by atoms with Gasteiger partial charge in [-0.2, -0.15) is 8.42 Å². The second kappa shape index (κ2) is 8.82. The van der Waals surface area contributed by atoms with E-state index in [4.69, 9.17) is 4.18 Å². The quantitative estimate of drug-likeness (QED) is 0.533. The van der Waals surface area contributed by atoms with Gasteiger partial charge in [0.1, 0.15) is 10.6 Å². The summed E-state index contributed by atoms with van der Waals surface area (Å²) >= 11 is 3.48.